The minimum atomic E-state index is -1.75. The van der Waals surface area contributed by atoms with E-state index in [0.29, 0.717) is 22.5 Å². The van der Waals surface area contributed by atoms with Crippen LogP contribution >= 0.6 is 11.3 Å². The minimum absolute atomic E-state index is 0.572. The van der Waals surface area contributed by atoms with Crippen LogP contribution in [0.2, 0.25) is 16.6 Å². The van der Waals surface area contributed by atoms with Gasteiger partial charge in [0.2, 0.25) is 0 Å². The summed E-state index contributed by atoms with van der Waals surface area (Å²) in [5.74, 6) is 0.572. The molecule has 2 aromatic carbocycles. The highest BCUT2D eigenvalue weighted by molar-refractivity contribution is 7.33. The Kier molecular flexibility index (Phi) is 7.59. The number of nitrogens with zero attached hydrogens (tertiary/aromatic N) is 1. The van der Waals surface area contributed by atoms with Crippen molar-refractivity contribution in [2.45, 2.75) is 97.7 Å². The molecule has 0 aliphatic carbocycles. The average Bonchev–Trinajstić information content (AvgIpc) is 3.16. The lowest BCUT2D eigenvalue weighted by Gasteiger charge is -2.43. The molecule has 3 heteroatoms. The van der Waals surface area contributed by atoms with Crippen molar-refractivity contribution in [1.82, 2.24) is 4.98 Å². The molecular formula is C32H43NSSi. The summed E-state index contributed by atoms with van der Waals surface area (Å²) in [6.07, 6.45) is 4.36. The molecule has 0 saturated carbocycles. The standard InChI is InChI=1S/C32H43NSSi/c1-10-24(11-2)29-19-26(18-25-14-12-13-15-28(25)29)30-31-27(16-17-33-30)23(9)32(34-31)35(20(3)4,21(5)6)22(7)8/h12-22,24H,10-11H2,1-9H3. The van der Waals surface area contributed by atoms with Gasteiger partial charge in [0.05, 0.1) is 10.4 Å². The van der Waals surface area contributed by atoms with Crippen molar-refractivity contribution < 1.29 is 0 Å². The first-order chi connectivity index (χ1) is 16.7. The van der Waals surface area contributed by atoms with Crippen molar-refractivity contribution in [2.24, 2.45) is 0 Å². The van der Waals surface area contributed by atoms with E-state index in [4.69, 9.17) is 4.98 Å². The molecule has 0 unspecified atom stereocenters. The summed E-state index contributed by atoms with van der Waals surface area (Å²) in [5.41, 5.74) is 7.53. The summed E-state index contributed by atoms with van der Waals surface area (Å²) < 4.78 is 3.08. The van der Waals surface area contributed by atoms with Crippen LogP contribution in [0.15, 0.2) is 48.7 Å². The number of aromatic nitrogens is 1. The highest BCUT2D eigenvalue weighted by atomic mass is 32.1. The summed E-state index contributed by atoms with van der Waals surface area (Å²) in [7, 11) is -1.75. The third-order valence-corrected chi connectivity index (χ3v) is 18.1. The van der Waals surface area contributed by atoms with Crippen LogP contribution in [-0.4, -0.2) is 13.1 Å². The second-order valence-electron chi connectivity index (χ2n) is 11.3. The molecule has 0 bridgehead atoms. The number of hydrogen-bond acceptors (Lipinski definition) is 2. The lowest BCUT2D eigenvalue weighted by Crippen LogP contribution is -2.55. The van der Waals surface area contributed by atoms with E-state index < -0.39 is 8.07 Å². The zero-order chi connectivity index (χ0) is 25.5. The molecule has 0 saturated heterocycles. The van der Waals surface area contributed by atoms with E-state index in [-0.39, 0.29) is 0 Å². The second-order valence-corrected chi connectivity index (χ2v) is 18.5. The van der Waals surface area contributed by atoms with Crippen LogP contribution in [0.4, 0.5) is 0 Å². The van der Waals surface area contributed by atoms with Gasteiger partial charge in [0.15, 0.2) is 0 Å². The number of thiophene rings is 1. The Hall–Kier alpha value is -1.97. The van der Waals surface area contributed by atoms with Crippen LogP contribution in [0.5, 0.6) is 0 Å². The zero-order valence-electron chi connectivity index (χ0n) is 23.2. The molecule has 0 fully saturated rings. The maximum absolute atomic E-state index is 5.03. The van der Waals surface area contributed by atoms with Crippen LogP contribution < -0.4 is 4.50 Å². The highest BCUT2D eigenvalue weighted by Gasteiger charge is 2.46. The Morgan fingerprint density at radius 3 is 2.06 bits per heavy atom. The molecule has 0 amide bonds. The number of aryl methyl sites for hydroxylation is 1. The third-order valence-electron chi connectivity index (χ3n) is 8.71. The van der Waals surface area contributed by atoms with Gasteiger partial charge in [0.25, 0.3) is 0 Å². The Labute approximate surface area is 218 Å². The molecule has 4 aromatic rings. The Bertz CT molecular complexity index is 1300. The third kappa shape index (κ3) is 4.19. The SMILES string of the molecule is CCC(CC)c1cc(-c2nccc3c(C)c([Si](C(C)C)(C(C)C)C(C)C)sc23)cc2ccccc12. The molecule has 0 N–H and O–H groups in total. The first-order valence-corrected chi connectivity index (χ1v) is 16.6. The molecule has 186 valence electrons. The van der Waals surface area contributed by atoms with E-state index in [0.717, 1.165) is 12.8 Å². The first kappa shape index (κ1) is 26.1. The molecule has 0 aliphatic heterocycles. The van der Waals surface area contributed by atoms with Crippen LogP contribution in [0, 0.1) is 6.92 Å². The van der Waals surface area contributed by atoms with E-state index in [9.17, 15) is 0 Å². The normalized spacial score (nSPS) is 12.8. The molecule has 2 aromatic heterocycles. The van der Waals surface area contributed by atoms with Gasteiger partial charge in [-0.15, -0.1) is 11.3 Å². The number of fused-ring (bicyclic) bond motifs is 2. The smallest absolute Gasteiger partial charge is 0.107 e. The number of rotatable bonds is 8. The Morgan fingerprint density at radius 2 is 1.46 bits per heavy atom. The molecule has 4 rings (SSSR count). The Morgan fingerprint density at radius 1 is 0.829 bits per heavy atom. The van der Waals surface area contributed by atoms with E-state index in [1.807, 2.05) is 6.20 Å². The van der Waals surface area contributed by atoms with Crippen LogP contribution in [0.25, 0.3) is 32.1 Å². The molecule has 2 heterocycles. The fourth-order valence-electron chi connectivity index (χ4n) is 7.10. The number of pyridine rings is 1. The first-order valence-electron chi connectivity index (χ1n) is 13.6. The van der Waals surface area contributed by atoms with Crippen molar-refractivity contribution in [3.63, 3.8) is 0 Å². The second kappa shape index (κ2) is 10.2. The zero-order valence-corrected chi connectivity index (χ0v) is 25.0. The van der Waals surface area contributed by atoms with Gasteiger partial charge in [-0.25, -0.2) is 0 Å². The Balaban J connectivity index is 2.03. The predicted octanol–water partition coefficient (Wildman–Crippen LogP) is 10.2. The van der Waals surface area contributed by atoms with Crippen molar-refractivity contribution in [3.05, 3.63) is 59.8 Å². The number of hydrogen-bond donors (Lipinski definition) is 0. The monoisotopic (exact) mass is 501 g/mol. The van der Waals surface area contributed by atoms with Crippen molar-refractivity contribution in [2.75, 3.05) is 0 Å². The minimum Gasteiger partial charge on any atom is -0.255 e. The van der Waals surface area contributed by atoms with Crippen LogP contribution in [0.3, 0.4) is 0 Å². The molecule has 0 radical (unpaired) electrons. The van der Waals surface area contributed by atoms with Crippen molar-refractivity contribution in [3.8, 4) is 11.3 Å². The van der Waals surface area contributed by atoms with E-state index in [1.165, 1.54) is 43.2 Å². The van der Waals surface area contributed by atoms with Gasteiger partial charge in [0.1, 0.15) is 8.07 Å². The highest BCUT2D eigenvalue weighted by Crippen LogP contribution is 2.46. The lowest BCUT2D eigenvalue weighted by molar-refractivity contribution is 0.647. The summed E-state index contributed by atoms with van der Waals surface area (Å²) >= 11 is 2.07. The van der Waals surface area contributed by atoms with Gasteiger partial charge in [-0.2, -0.15) is 0 Å². The average molecular weight is 502 g/mol. The molecule has 0 aliphatic rings. The predicted molar refractivity (Wildman–Crippen MR) is 161 cm³/mol. The summed E-state index contributed by atoms with van der Waals surface area (Å²) in [6, 6.07) is 16.0. The van der Waals surface area contributed by atoms with Crippen molar-refractivity contribution >= 4 is 44.8 Å². The summed E-state index contributed by atoms with van der Waals surface area (Å²) in [5, 5.41) is 4.13. The van der Waals surface area contributed by atoms with Gasteiger partial charge >= 0.3 is 0 Å². The van der Waals surface area contributed by atoms with Gasteiger partial charge < -0.3 is 0 Å². The van der Waals surface area contributed by atoms with E-state index in [1.54, 1.807) is 4.50 Å². The topological polar surface area (TPSA) is 12.9 Å². The largest absolute Gasteiger partial charge is 0.255 e. The van der Waals surface area contributed by atoms with Gasteiger partial charge in [-0.05, 0) is 92.3 Å². The number of benzene rings is 2. The van der Waals surface area contributed by atoms with E-state index >= 15 is 0 Å². The van der Waals surface area contributed by atoms with Gasteiger partial charge in [0, 0.05) is 11.8 Å². The summed E-state index contributed by atoms with van der Waals surface area (Å²) in [4.78, 5) is 5.03. The molecule has 0 atom stereocenters. The van der Waals surface area contributed by atoms with E-state index in [2.05, 4.69) is 116 Å². The fourth-order valence-corrected chi connectivity index (χ4v) is 17.7. The quantitative estimate of drug-likeness (QED) is 0.219. The van der Waals surface area contributed by atoms with Gasteiger partial charge in [-0.1, -0.05) is 79.7 Å². The maximum Gasteiger partial charge on any atom is 0.107 e. The fraction of sp³-hybridized carbons (Fsp3) is 0.469. The molecular weight excluding hydrogens is 459 g/mol. The lowest BCUT2D eigenvalue weighted by atomic mass is 9.87. The van der Waals surface area contributed by atoms with Gasteiger partial charge in [-0.3, -0.25) is 4.98 Å². The molecule has 0 spiro atoms. The summed E-state index contributed by atoms with van der Waals surface area (Å²) in [6.45, 7) is 21.8. The van der Waals surface area contributed by atoms with Crippen LogP contribution in [0.1, 0.15) is 85.3 Å². The van der Waals surface area contributed by atoms with Crippen LogP contribution in [-0.2, 0) is 0 Å². The molecule has 35 heavy (non-hydrogen) atoms. The van der Waals surface area contributed by atoms with Crippen molar-refractivity contribution in [1.29, 1.82) is 0 Å². The molecule has 1 nitrogen and oxygen atoms in total. The maximum atomic E-state index is 5.03.